The third kappa shape index (κ3) is 7.82. The smallest absolute Gasteiger partial charge is 0.361 e. The molecule has 0 saturated carbocycles. The van der Waals surface area contributed by atoms with E-state index < -0.39 is 0 Å². The van der Waals surface area contributed by atoms with Crippen LogP contribution in [-0.4, -0.2) is 44.2 Å². The van der Waals surface area contributed by atoms with Crippen molar-refractivity contribution < 1.29 is 31.0 Å². The van der Waals surface area contributed by atoms with Crippen LogP contribution in [0.1, 0.15) is 6.92 Å². The number of terminal acetylenes is 1. The molecule has 0 aromatic rings. The SMILES string of the molecule is C#CC[N+](C)(C)CC(=O)OCC.[Br-]. The molecule has 13 heavy (non-hydrogen) atoms. The van der Waals surface area contributed by atoms with E-state index in [-0.39, 0.29) is 23.0 Å². The van der Waals surface area contributed by atoms with Gasteiger partial charge >= 0.3 is 5.97 Å². The van der Waals surface area contributed by atoms with Crippen molar-refractivity contribution in [3.05, 3.63) is 0 Å². The number of quaternary nitrogens is 1. The van der Waals surface area contributed by atoms with Crippen LogP contribution in [0.2, 0.25) is 0 Å². The van der Waals surface area contributed by atoms with Crippen molar-refractivity contribution in [2.45, 2.75) is 6.92 Å². The van der Waals surface area contributed by atoms with Crippen molar-refractivity contribution in [2.24, 2.45) is 0 Å². The van der Waals surface area contributed by atoms with Crippen LogP contribution in [0.25, 0.3) is 0 Å². The van der Waals surface area contributed by atoms with E-state index in [0.29, 0.717) is 24.2 Å². The number of likely N-dealkylation sites (N-methyl/N-ethyl adjacent to an activating group) is 1. The molecule has 0 heterocycles. The van der Waals surface area contributed by atoms with E-state index in [1.165, 1.54) is 0 Å². The van der Waals surface area contributed by atoms with Crippen molar-refractivity contribution in [3.8, 4) is 12.3 Å². The fraction of sp³-hybridized carbons (Fsp3) is 0.667. The summed E-state index contributed by atoms with van der Waals surface area (Å²) in [5.41, 5.74) is 0. The number of halogens is 1. The summed E-state index contributed by atoms with van der Waals surface area (Å²) in [5, 5.41) is 0. The average molecular weight is 250 g/mol. The Bertz CT molecular complexity index is 196. The molecule has 0 aliphatic carbocycles. The molecule has 0 saturated heterocycles. The predicted molar refractivity (Wildman–Crippen MR) is 47.3 cm³/mol. The zero-order chi connectivity index (χ0) is 9.61. The molecule has 0 atom stereocenters. The Morgan fingerprint density at radius 1 is 1.54 bits per heavy atom. The number of carbonyl (C=O) groups is 1. The van der Waals surface area contributed by atoms with Crippen LogP contribution in [0.15, 0.2) is 0 Å². The fourth-order valence-electron chi connectivity index (χ4n) is 0.859. The third-order valence-electron chi connectivity index (χ3n) is 1.38. The topological polar surface area (TPSA) is 26.3 Å². The third-order valence-corrected chi connectivity index (χ3v) is 1.38. The minimum atomic E-state index is -0.197. The molecule has 76 valence electrons. The lowest BCUT2D eigenvalue weighted by Crippen LogP contribution is -3.00. The van der Waals surface area contributed by atoms with Gasteiger partial charge in [-0.05, 0) is 12.8 Å². The number of nitrogens with zero attached hydrogens (tertiary/aromatic N) is 1. The first kappa shape index (κ1) is 15.0. The van der Waals surface area contributed by atoms with Gasteiger partial charge in [-0.2, -0.15) is 0 Å². The Kier molecular flexibility index (Phi) is 7.98. The van der Waals surface area contributed by atoms with E-state index in [9.17, 15) is 4.79 Å². The highest BCUT2D eigenvalue weighted by molar-refractivity contribution is 5.70. The number of hydrogen-bond donors (Lipinski definition) is 0. The molecule has 0 radical (unpaired) electrons. The molecule has 0 bridgehead atoms. The maximum atomic E-state index is 11.0. The summed E-state index contributed by atoms with van der Waals surface area (Å²) in [4.78, 5) is 11.0. The first-order valence-corrected chi connectivity index (χ1v) is 3.93. The molecule has 0 unspecified atom stereocenters. The molecule has 0 aliphatic rings. The van der Waals surface area contributed by atoms with E-state index in [1.807, 2.05) is 14.1 Å². The van der Waals surface area contributed by atoms with Crippen molar-refractivity contribution in [3.63, 3.8) is 0 Å². The molecular formula is C9H16BrNO2. The standard InChI is InChI=1S/C9H16NO2.BrH/c1-5-7-10(3,4)8-9(11)12-6-2;/h1H,6-8H2,2-4H3;1H/q+1;/p-1. The Labute approximate surface area is 90.4 Å². The van der Waals surface area contributed by atoms with Gasteiger partial charge in [-0.3, -0.25) is 0 Å². The van der Waals surface area contributed by atoms with E-state index >= 15 is 0 Å². The van der Waals surface area contributed by atoms with Crippen molar-refractivity contribution in [1.82, 2.24) is 0 Å². The highest BCUT2D eigenvalue weighted by Gasteiger charge is 2.19. The van der Waals surface area contributed by atoms with Crippen LogP contribution >= 0.6 is 0 Å². The van der Waals surface area contributed by atoms with Gasteiger partial charge in [-0.15, -0.1) is 6.42 Å². The van der Waals surface area contributed by atoms with Gasteiger partial charge in [0.15, 0.2) is 6.54 Å². The second kappa shape index (κ2) is 6.93. The summed E-state index contributed by atoms with van der Waals surface area (Å²) in [5.74, 6) is 2.32. The fourth-order valence-corrected chi connectivity index (χ4v) is 0.859. The van der Waals surface area contributed by atoms with Gasteiger partial charge in [-0.1, -0.05) is 0 Å². The highest BCUT2D eigenvalue weighted by atomic mass is 79.9. The largest absolute Gasteiger partial charge is 1.00 e. The molecule has 0 amide bonds. The van der Waals surface area contributed by atoms with Crippen LogP contribution in [0.3, 0.4) is 0 Å². The van der Waals surface area contributed by atoms with E-state index in [2.05, 4.69) is 5.92 Å². The molecule has 0 aromatic heterocycles. The number of hydrogen-bond acceptors (Lipinski definition) is 2. The number of esters is 1. The van der Waals surface area contributed by atoms with Crippen LogP contribution in [0.4, 0.5) is 0 Å². The van der Waals surface area contributed by atoms with Crippen molar-refractivity contribution in [1.29, 1.82) is 0 Å². The lowest BCUT2D eigenvalue weighted by Gasteiger charge is -2.25. The zero-order valence-corrected chi connectivity index (χ0v) is 9.93. The summed E-state index contributed by atoms with van der Waals surface area (Å²) < 4.78 is 5.28. The number of rotatable bonds is 4. The summed E-state index contributed by atoms with van der Waals surface area (Å²) in [6.07, 6.45) is 5.15. The van der Waals surface area contributed by atoms with Gasteiger partial charge in [0.2, 0.25) is 0 Å². The predicted octanol–water partition coefficient (Wildman–Crippen LogP) is -2.74. The normalized spacial score (nSPS) is 9.69. The lowest BCUT2D eigenvalue weighted by atomic mass is 10.4. The second-order valence-corrected chi connectivity index (χ2v) is 3.26. The summed E-state index contributed by atoms with van der Waals surface area (Å²) in [7, 11) is 3.80. The van der Waals surface area contributed by atoms with Crippen LogP contribution in [0, 0.1) is 12.3 Å². The molecule has 4 heteroatoms. The Hall–Kier alpha value is -0.530. The molecule has 0 rings (SSSR count). The second-order valence-electron chi connectivity index (χ2n) is 3.26. The van der Waals surface area contributed by atoms with Crippen molar-refractivity contribution in [2.75, 3.05) is 33.8 Å². The minimum absolute atomic E-state index is 0. The van der Waals surface area contributed by atoms with Gasteiger partial charge in [0.05, 0.1) is 20.7 Å². The van der Waals surface area contributed by atoms with E-state index in [0.717, 1.165) is 0 Å². The molecule has 0 aromatic carbocycles. The highest BCUT2D eigenvalue weighted by Crippen LogP contribution is 1.96. The lowest BCUT2D eigenvalue weighted by molar-refractivity contribution is -0.875. The zero-order valence-electron chi connectivity index (χ0n) is 8.34. The maximum Gasteiger partial charge on any atom is 0.361 e. The Morgan fingerprint density at radius 2 is 2.08 bits per heavy atom. The van der Waals surface area contributed by atoms with E-state index in [1.54, 1.807) is 6.92 Å². The Morgan fingerprint density at radius 3 is 2.46 bits per heavy atom. The summed E-state index contributed by atoms with van der Waals surface area (Å²) in [6.45, 7) is 3.09. The average Bonchev–Trinajstić information content (AvgIpc) is 1.85. The van der Waals surface area contributed by atoms with Gasteiger partial charge in [0.1, 0.15) is 6.54 Å². The van der Waals surface area contributed by atoms with Gasteiger partial charge < -0.3 is 26.2 Å². The summed E-state index contributed by atoms with van der Waals surface area (Å²) in [6, 6.07) is 0. The van der Waals surface area contributed by atoms with E-state index in [4.69, 9.17) is 11.2 Å². The molecule has 0 aliphatic heterocycles. The van der Waals surface area contributed by atoms with Gasteiger partial charge in [0, 0.05) is 0 Å². The number of ether oxygens (including phenoxy) is 1. The monoisotopic (exact) mass is 249 g/mol. The van der Waals surface area contributed by atoms with Crippen LogP contribution in [-0.2, 0) is 9.53 Å². The van der Waals surface area contributed by atoms with Crippen LogP contribution in [0.5, 0.6) is 0 Å². The molecule has 0 spiro atoms. The molecular weight excluding hydrogens is 234 g/mol. The number of carbonyl (C=O) groups excluding carboxylic acids is 1. The molecule has 0 fully saturated rings. The Balaban J connectivity index is 0. The first-order chi connectivity index (χ1) is 5.52. The van der Waals surface area contributed by atoms with Crippen LogP contribution < -0.4 is 17.0 Å². The van der Waals surface area contributed by atoms with Gasteiger partial charge in [0.25, 0.3) is 0 Å². The molecule has 0 N–H and O–H groups in total. The quantitative estimate of drug-likeness (QED) is 0.307. The van der Waals surface area contributed by atoms with Gasteiger partial charge in [-0.25, -0.2) is 4.79 Å². The first-order valence-electron chi connectivity index (χ1n) is 3.93. The minimum Gasteiger partial charge on any atom is -1.00 e. The summed E-state index contributed by atoms with van der Waals surface area (Å²) >= 11 is 0. The van der Waals surface area contributed by atoms with Crippen molar-refractivity contribution >= 4 is 5.97 Å². The molecule has 3 nitrogen and oxygen atoms in total. The maximum absolute atomic E-state index is 11.0.